The van der Waals surface area contributed by atoms with Crippen LogP contribution in [0.3, 0.4) is 0 Å². The minimum Gasteiger partial charge on any atom is -0.354 e. The van der Waals surface area contributed by atoms with Gasteiger partial charge in [-0.3, -0.25) is 24.1 Å². The zero-order valence-electron chi connectivity index (χ0n) is 15.4. The van der Waals surface area contributed by atoms with Crippen LogP contribution in [0.4, 0.5) is 0 Å². The molecular formula is C19H24N4O4. The summed E-state index contributed by atoms with van der Waals surface area (Å²) in [4.78, 5) is 51.7. The number of nitrogens with two attached hydrogens (primary N) is 1. The summed E-state index contributed by atoms with van der Waals surface area (Å²) < 4.78 is 0. The number of amides is 4. The number of rotatable bonds is 5. The van der Waals surface area contributed by atoms with Gasteiger partial charge in [-0.25, -0.2) is 0 Å². The molecule has 1 fully saturated rings. The fourth-order valence-electron chi connectivity index (χ4n) is 3.59. The van der Waals surface area contributed by atoms with E-state index >= 15 is 0 Å². The van der Waals surface area contributed by atoms with Crippen molar-refractivity contribution in [1.82, 2.24) is 15.1 Å². The second-order valence-corrected chi connectivity index (χ2v) is 6.92. The van der Waals surface area contributed by atoms with Crippen LogP contribution < -0.4 is 11.1 Å². The summed E-state index contributed by atoms with van der Waals surface area (Å²) >= 11 is 0. The number of nitrogens with one attached hydrogen (secondary N) is 1. The second-order valence-electron chi connectivity index (χ2n) is 6.92. The van der Waals surface area contributed by atoms with Gasteiger partial charge in [-0.1, -0.05) is 0 Å². The molecule has 1 aromatic carbocycles. The van der Waals surface area contributed by atoms with Crippen LogP contribution in [0.25, 0.3) is 0 Å². The first-order valence-electron chi connectivity index (χ1n) is 9.18. The summed E-state index contributed by atoms with van der Waals surface area (Å²) in [6, 6.07) is 4.53. The minimum atomic E-state index is -0.395. The summed E-state index contributed by atoms with van der Waals surface area (Å²) in [5, 5.41) is 2.83. The third-order valence-corrected chi connectivity index (χ3v) is 5.13. The Morgan fingerprint density at radius 3 is 2.67 bits per heavy atom. The average Bonchev–Trinajstić information content (AvgIpc) is 2.90. The molecule has 0 spiro atoms. The van der Waals surface area contributed by atoms with Crippen molar-refractivity contribution in [2.75, 3.05) is 26.7 Å². The number of carbonyl (C=O) groups is 4. The van der Waals surface area contributed by atoms with E-state index in [1.54, 1.807) is 11.0 Å². The zero-order chi connectivity index (χ0) is 19.6. The lowest BCUT2D eigenvalue weighted by Crippen LogP contribution is -2.49. The van der Waals surface area contributed by atoms with Gasteiger partial charge >= 0.3 is 0 Å². The number of hydrogen-bond donors (Lipinski definition) is 2. The Labute approximate surface area is 157 Å². The van der Waals surface area contributed by atoms with Crippen LogP contribution in [0, 0.1) is 0 Å². The number of piperidine rings is 1. The van der Waals surface area contributed by atoms with Crippen LogP contribution in [0.2, 0.25) is 0 Å². The van der Waals surface area contributed by atoms with Gasteiger partial charge in [-0.15, -0.1) is 0 Å². The Hall–Kier alpha value is -2.74. The number of nitrogens with zero attached hydrogens (tertiary/aromatic N) is 2. The van der Waals surface area contributed by atoms with Gasteiger partial charge in [0.05, 0.1) is 11.1 Å². The van der Waals surface area contributed by atoms with Crippen molar-refractivity contribution in [3.63, 3.8) is 0 Å². The fourth-order valence-corrected chi connectivity index (χ4v) is 3.59. The third kappa shape index (κ3) is 3.71. The van der Waals surface area contributed by atoms with Gasteiger partial charge < -0.3 is 16.0 Å². The normalized spacial score (nSPS) is 19.3. The molecule has 4 amide bonds. The van der Waals surface area contributed by atoms with Crippen LogP contribution in [0.5, 0.6) is 0 Å². The van der Waals surface area contributed by atoms with Crippen molar-refractivity contribution in [1.29, 1.82) is 0 Å². The highest BCUT2D eigenvalue weighted by Gasteiger charge is 2.34. The van der Waals surface area contributed by atoms with E-state index in [9.17, 15) is 19.2 Å². The SMILES string of the molecule is CN1C(=O)c2ccc(C(=O)N3CCCCC3CNC(=O)CCN)cc2C1=O. The van der Waals surface area contributed by atoms with Crippen molar-refractivity contribution < 1.29 is 19.2 Å². The number of benzene rings is 1. The summed E-state index contributed by atoms with van der Waals surface area (Å²) in [6.07, 6.45) is 2.95. The predicted octanol–water partition coefficient (Wildman–Crippen LogP) is 0.372. The first-order valence-corrected chi connectivity index (χ1v) is 9.18. The van der Waals surface area contributed by atoms with Gasteiger partial charge in [-0.2, -0.15) is 0 Å². The van der Waals surface area contributed by atoms with Gasteiger partial charge in [0.1, 0.15) is 0 Å². The van der Waals surface area contributed by atoms with E-state index in [0.29, 0.717) is 24.2 Å². The maximum Gasteiger partial charge on any atom is 0.261 e. The molecule has 2 aliphatic heterocycles. The fraction of sp³-hybridized carbons (Fsp3) is 0.474. The van der Waals surface area contributed by atoms with Crippen LogP contribution in [-0.2, 0) is 4.79 Å². The second kappa shape index (κ2) is 7.87. The first-order chi connectivity index (χ1) is 12.9. The van der Waals surface area contributed by atoms with E-state index in [-0.39, 0.29) is 42.3 Å². The molecule has 0 saturated carbocycles. The Bertz CT molecular complexity index is 792. The molecule has 0 aromatic heterocycles. The molecule has 1 aromatic rings. The van der Waals surface area contributed by atoms with Crippen molar-refractivity contribution in [3.05, 3.63) is 34.9 Å². The van der Waals surface area contributed by atoms with Gasteiger partial charge in [0, 0.05) is 44.7 Å². The van der Waals surface area contributed by atoms with E-state index in [0.717, 1.165) is 24.2 Å². The van der Waals surface area contributed by atoms with Gasteiger partial charge in [0.15, 0.2) is 0 Å². The number of carbonyl (C=O) groups excluding carboxylic acids is 4. The monoisotopic (exact) mass is 372 g/mol. The van der Waals surface area contributed by atoms with Crippen LogP contribution >= 0.6 is 0 Å². The third-order valence-electron chi connectivity index (χ3n) is 5.13. The zero-order valence-corrected chi connectivity index (χ0v) is 15.4. The van der Waals surface area contributed by atoms with Crippen molar-refractivity contribution in [2.24, 2.45) is 5.73 Å². The molecule has 2 aliphatic rings. The van der Waals surface area contributed by atoms with E-state index in [2.05, 4.69) is 5.32 Å². The van der Waals surface area contributed by atoms with Crippen molar-refractivity contribution in [2.45, 2.75) is 31.7 Å². The standard InChI is InChI=1S/C19H24N4O4/c1-22-18(26)14-6-5-12(10-15(14)19(22)27)17(25)23-9-3-2-4-13(23)11-21-16(24)7-8-20/h5-6,10,13H,2-4,7-9,11,20H2,1H3,(H,21,24). The number of hydrogen-bond acceptors (Lipinski definition) is 5. The number of imide groups is 1. The molecule has 8 nitrogen and oxygen atoms in total. The van der Waals surface area contributed by atoms with Crippen LogP contribution in [-0.4, -0.2) is 66.2 Å². The van der Waals surface area contributed by atoms with Gasteiger partial charge in [0.25, 0.3) is 17.7 Å². The highest BCUT2D eigenvalue weighted by Crippen LogP contribution is 2.25. The Morgan fingerprint density at radius 2 is 1.93 bits per heavy atom. The molecule has 0 aliphatic carbocycles. The molecule has 0 radical (unpaired) electrons. The van der Waals surface area contributed by atoms with Crippen molar-refractivity contribution in [3.8, 4) is 0 Å². The molecule has 0 bridgehead atoms. The van der Waals surface area contributed by atoms with E-state index in [4.69, 9.17) is 5.73 Å². The van der Waals surface area contributed by atoms with Crippen LogP contribution in [0.15, 0.2) is 18.2 Å². The molecule has 1 unspecified atom stereocenters. The first kappa shape index (κ1) is 19.0. The maximum absolute atomic E-state index is 13.0. The molecule has 8 heteroatoms. The highest BCUT2D eigenvalue weighted by molar-refractivity contribution is 6.21. The molecule has 1 atom stereocenters. The largest absolute Gasteiger partial charge is 0.354 e. The lowest BCUT2D eigenvalue weighted by Gasteiger charge is -2.36. The molecule has 1 saturated heterocycles. The van der Waals surface area contributed by atoms with E-state index in [1.165, 1.54) is 19.2 Å². The van der Waals surface area contributed by atoms with Crippen LogP contribution in [0.1, 0.15) is 56.8 Å². The predicted molar refractivity (Wildman–Crippen MR) is 98.2 cm³/mol. The highest BCUT2D eigenvalue weighted by atomic mass is 16.2. The molecular weight excluding hydrogens is 348 g/mol. The Balaban J connectivity index is 1.76. The maximum atomic E-state index is 13.0. The number of fused-ring (bicyclic) bond motifs is 1. The molecule has 3 rings (SSSR count). The average molecular weight is 372 g/mol. The summed E-state index contributed by atoms with van der Waals surface area (Å²) in [6.45, 7) is 1.27. The number of likely N-dealkylation sites (tertiary alicyclic amines) is 1. The Morgan fingerprint density at radius 1 is 1.19 bits per heavy atom. The lowest BCUT2D eigenvalue weighted by atomic mass is 9.99. The summed E-state index contributed by atoms with van der Waals surface area (Å²) in [7, 11) is 1.43. The summed E-state index contributed by atoms with van der Waals surface area (Å²) in [5.41, 5.74) is 6.35. The Kier molecular flexibility index (Phi) is 5.55. The smallest absolute Gasteiger partial charge is 0.261 e. The lowest BCUT2D eigenvalue weighted by molar-refractivity contribution is -0.121. The van der Waals surface area contributed by atoms with Crippen molar-refractivity contribution >= 4 is 23.6 Å². The van der Waals surface area contributed by atoms with E-state index in [1.807, 2.05) is 0 Å². The van der Waals surface area contributed by atoms with Gasteiger partial charge in [0.2, 0.25) is 5.91 Å². The molecule has 3 N–H and O–H groups in total. The van der Waals surface area contributed by atoms with E-state index < -0.39 is 5.91 Å². The van der Waals surface area contributed by atoms with Gasteiger partial charge in [-0.05, 0) is 37.5 Å². The molecule has 144 valence electrons. The molecule has 27 heavy (non-hydrogen) atoms. The topological polar surface area (TPSA) is 113 Å². The quantitative estimate of drug-likeness (QED) is 0.725. The summed E-state index contributed by atoms with van der Waals surface area (Å²) in [5.74, 6) is -1.06. The minimum absolute atomic E-state index is 0.0961. The molecule has 2 heterocycles.